The summed E-state index contributed by atoms with van der Waals surface area (Å²) in [5, 5.41) is 8.83. The second kappa shape index (κ2) is 8.25. The molecule has 1 heterocycles. The Bertz CT molecular complexity index is 417. The molecular weight excluding hydrogens is 332 g/mol. The van der Waals surface area contributed by atoms with Crippen LogP contribution in [0.25, 0.3) is 0 Å². The normalized spacial score (nSPS) is 20.4. The smallest absolute Gasteiger partial charge is 0.0701 e. The Hall–Kier alpha value is -0.460. The minimum absolute atomic E-state index is 0.0843. The van der Waals surface area contributed by atoms with Gasteiger partial charge in [-0.3, -0.25) is 4.90 Å². The lowest BCUT2D eigenvalue weighted by Gasteiger charge is -2.39. The van der Waals surface area contributed by atoms with E-state index in [4.69, 9.17) is 15.6 Å². The molecular formula is C16H25BrN2O2. The number of ether oxygens (including phenoxy) is 1. The van der Waals surface area contributed by atoms with Crippen LogP contribution in [0.4, 0.5) is 0 Å². The molecule has 2 unspecified atom stereocenters. The standard InChI is InChI=1S/C16H25BrN2O2/c1-12(18)16(13-2-4-14(17)5-3-13)19-8-6-15(7-9-19)21-11-10-20/h2-5,12,15-16,20H,6-11,18H2,1H3. The molecule has 5 heteroatoms. The van der Waals surface area contributed by atoms with E-state index in [2.05, 4.69) is 52.0 Å². The summed E-state index contributed by atoms with van der Waals surface area (Å²) in [5.41, 5.74) is 7.50. The van der Waals surface area contributed by atoms with Crippen LogP contribution in [0.15, 0.2) is 28.7 Å². The number of likely N-dealkylation sites (tertiary alicyclic amines) is 1. The van der Waals surface area contributed by atoms with Gasteiger partial charge in [0.2, 0.25) is 0 Å². The van der Waals surface area contributed by atoms with Crippen molar-refractivity contribution in [1.29, 1.82) is 0 Å². The Morgan fingerprint density at radius 3 is 2.48 bits per heavy atom. The molecule has 0 saturated carbocycles. The maximum Gasteiger partial charge on any atom is 0.0701 e. The first-order valence-corrected chi connectivity index (χ1v) is 8.38. The van der Waals surface area contributed by atoms with Gasteiger partial charge < -0.3 is 15.6 Å². The summed E-state index contributed by atoms with van der Waals surface area (Å²) in [5.74, 6) is 0. The van der Waals surface area contributed by atoms with Crippen LogP contribution in [0.2, 0.25) is 0 Å². The molecule has 1 aliphatic heterocycles. The van der Waals surface area contributed by atoms with Crippen LogP contribution >= 0.6 is 15.9 Å². The minimum Gasteiger partial charge on any atom is -0.394 e. The second-order valence-electron chi connectivity index (χ2n) is 5.69. The first kappa shape index (κ1) is 16.9. The van der Waals surface area contributed by atoms with E-state index in [9.17, 15) is 0 Å². The molecule has 2 atom stereocenters. The lowest BCUT2D eigenvalue weighted by atomic mass is 9.96. The Kier molecular flexibility index (Phi) is 6.64. The highest BCUT2D eigenvalue weighted by Crippen LogP contribution is 2.28. The Labute approximate surface area is 135 Å². The van der Waals surface area contributed by atoms with Crippen molar-refractivity contribution in [2.75, 3.05) is 26.3 Å². The topological polar surface area (TPSA) is 58.7 Å². The number of rotatable bonds is 6. The predicted molar refractivity (Wildman–Crippen MR) is 88.2 cm³/mol. The van der Waals surface area contributed by atoms with Crippen LogP contribution in [0, 0.1) is 0 Å². The number of hydrogen-bond donors (Lipinski definition) is 2. The average molecular weight is 357 g/mol. The number of nitrogens with zero attached hydrogens (tertiary/aromatic N) is 1. The zero-order valence-corrected chi connectivity index (χ0v) is 14.1. The number of nitrogens with two attached hydrogens (primary N) is 1. The van der Waals surface area contributed by atoms with Crippen molar-refractivity contribution < 1.29 is 9.84 Å². The van der Waals surface area contributed by atoms with Gasteiger partial charge in [-0.05, 0) is 37.5 Å². The number of hydrogen-bond acceptors (Lipinski definition) is 4. The first-order valence-electron chi connectivity index (χ1n) is 7.59. The van der Waals surface area contributed by atoms with Crippen LogP contribution in [-0.4, -0.2) is 48.5 Å². The van der Waals surface area contributed by atoms with Gasteiger partial charge >= 0.3 is 0 Å². The van der Waals surface area contributed by atoms with E-state index in [0.29, 0.717) is 6.61 Å². The summed E-state index contributed by atoms with van der Waals surface area (Å²) < 4.78 is 6.72. The summed E-state index contributed by atoms with van der Waals surface area (Å²) in [6.45, 7) is 4.58. The molecule has 0 radical (unpaired) electrons. The van der Waals surface area contributed by atoms with Gasteiger partial charge in [-0.15, -0.1) is 0 Å². The van der Waals surface area contributed by atoms with Gasteiger partial charge in [0.25, 0.3) is 0 Å². The fraction of sp³-hybridized carbons (Fsp3) is 0.625. The van der Waals surface area contributed by atoms with E-state index in [-0.39, 0.29) is 24.8 Å². The number of benzene rings is 1. The molecule has 0 spiro atoms. The third kappa shape index (κ3) is 4.76. The minimum atomic E-state index is 0.0843. The van der Waals surface area contributed by atoms with Crippen molar-refractivity contribution in [2.24, 2.45) is 5.73 Å². The summed E-state index contributed by atoms with van der Waals surface area (Å²) in [6.07, 6.45) is 2.27. The molecule has 118 valence electrons. The third-order valence-electron chi connectivity index (χ3n) is 4.02. The lowest BCUT2D eigenvalue weighted by molar-refractivity contribution is -0.0172. The van der Waals surface area contributed by atoms with Crippen molar-refractivity contribution in [3.8, 4) is 0 Å². The Morgan fingerprint density at radius 2 is 1.95 bits per heavy atom. The fourth-order valence-corrected chi connectivity index (χ4v) is 3.31. The molecule has 0 bridgehead atoms. The van der Waals surface area contributed by atoms with Gasteiger partial charge in [-0.1, -0.05) is 28.1 Å². The number of aliphatic hydroxyl groups is 1. The molecule has 1 aromatic carbocycles. The van der Waals surface area contributed by atoms with Gasteiger partial charge in [0.1, 0.15) is 0 Å². The van der Waals surface area contributed by atoms with Crippen molar-refractivity contribution >= 4 is 15.9 Å². The molecule has 0 aromatic heterocycles. The lowest BCUT2D eigenvalue weighted by Crippen LogP contribution is -2.45. The van der Waals surface area contributed by atoms with Crippen molar-refractivity contribution in [3.05, 3.63) is 34.3 Å². The molecule has 1 saturated heterocycles. The summed E-state index contributed by atoms with van der Waals surface area (Å²) in [7, 11) is 0. The van der Waals surface area contributed by atoms with E-state index in [1.807, 2.05) is 0 Å². The maximum atomic E-state index is 8.83. The largest absolute Gasteiger partial charge is 0.394 e. The van der Waals surface area contributed by atoms with Crippen LogP contribution in [0.1, 0.15) is 31.4 Å². The molecule has 3 N–H and O–H groups in total. The van der Waals surface area contributed by atoms with Gasteiger partial charge in [-0.25, -0.2) is 0 Å². The SMILES string of the molecule is CC(N)C(c1ccc(Br)cc1)N1CCC(OCCO)CC1. The van der Waals surface area contributed by atoms with Crippen molar-refractivity contribution in [2.45, 2.75) is 38.0 Å². The average Bonchev–Trinajstić information content (AvgIpc) is 2.48. The molecule has 2 rings (SSSR count). The zero-order chi connectivity index (χ0) is 15.2. The van der Waals surface area contributed by atoms with Gasteiger partial charge in [0.05, 0.1) is 19.3 Å². The van der Waals surface area contributed by atoms with Crippen LogP contribution in [-0.2, 0) is 4.74 Å². The third-order valence-corrected chi connectivity index (χ3v) is 4.55. The molecule has 21 heavy (non-hydrogen) atoms. The number of halogens is 1. The number of piperidine rings is 1. The molecule has 0 amide bonds. The number of aliphatic hydroxyl groups excluding tert-OH is 1. The molecule has 4 nitrogen and oxygen atoms in total. The van der Waals surface area contributed by atoms with E-state index in [1.165, 1.54) is 5.56 Å². The highest BCUT2D eigenvalue weighted by atomic mass is 79.9. The van der Waals surface area contributed by atoms with Gasteiger partial charge in [0.15, 0.2) is 0 Å². The molecule has 1 fully saturated rings. The predicted octanol–water partition coefficient (Wildman–Crippen LogP) is 2.31. The zero-order valence-electron chi connectivity index (χ0n) is 12.5. The van der Waals surface area contributed by atoms with Crippen molar-refractivity contribution in [3.63, 3.8) is 0 Å². The quantitative estimate of drug-likeness (QED) is 0.820. The van der Waals surface area contributed by atoms with Gasteiger partial charge in [-0.2, -0.15) is 0 Å². The van der Waals surface area contributed by atoms with E-state index >= 15 is 0 Å². The van der Waals surface area contributed by atoms with Gasteiger partial charge in [0, 0.05) is 29.6 Å². The summed E-state index contributed by atoms with van der Waals surface area (Å²) in [4.78, 5) is 2.45. The highest BCUT2D eigenvalue weighted by Gasteiger charge is 2.28. The summed E-state index contributed by atoms with van der Waals surface area (Å²) >= 11 is 3.48. The highest BCUT2D eigenvalue weighted by molar-refractivity contribution is 9.10. The molecule has 1 aliphatic rings. The first-order chi connectivity index (χ1) is 10.1. The monoisotopic (exact) mass is 356 g/mol. The van der Waals surface area contributed by atoms with Crippen LogP contribution in [0.3, 0.4) is 0 Å². The van der Waals surface area contributed by atoms with E-state index in [0.717, 1.165) is 30.4 Å². The Morgan fingerprint density at radius 1 is 1.33 bits per heavy atom. The van der Waals surface area contributed by atoms with Crippen LogP contribution < -0.4 is 5.73 Å². The van der Waals surface area contributed by atoms with E-state index < -0.39 is 0 Å². The maximum absolute atomic E-state index is 8.83. The van der Waals surface area contributed by atoms with Crippen molar-refractivity contribution in [1.82, 2.24) is 4.90 Å². The Balaban J connectivity index is 1.99. The second-order valence-corrected chi connectivity index (χ2v) is 6.60. The molecule has 1 aromatic rings. The molecule has 0 aliphatic carbocycles. The van der Waals surface area contributed by atoms with E-state index in [1.54, 1.807) is 0 Å². The fourth-order valence-electron chi connectivity index (χ4n) is 3.05. The summed E-state index contributed by atoms with van der Waals surface area (Å²) in [6, 6.07) is 8.76. The van der Waals surface area contributed by atoms with Crippen LogP contribution in [0.5, 0.6) is 0 Å².